The molecule has 1 saturated heterocycles. The molecule has 0 saturated carbocycles. The number of aromatic nitrogens is 2. The third kappa shape index (κ3) is 3.97. The average Bonchev–Trinajstić information content (AvgIpc) is 3.00. The zero-order valence-electron chi connectivity index (χ0n) is 14.2. The second kappa shape index (κ2) is 6.95. The third-order valence-corrected chi connectivity index (χ3v) is 4.64. The third-order valence-electron chi connectivity index (χ3n) is 4.64. The van der Waals surface area contributed by atoms with Gasteiger partial charge in [0.2, 0.25) is 5.89 Å². The number of nitrogens with one attached hydrogen (secondary N) is 3. The number of rotatable bonds is 4. The van der Waals surface area contributed by atoms with Crippen LogP contribution in [-0.2, 0) is 6.18 Å². The highest BCUT2D eigenvalue weighted by molar-refractivity contribution is 5.66. The quantitative estimate of drug-likeness (QED) is 0.697. The summed E-state index contributed by atoms with van der Waals surface area (Å²) >= 11 is 0. The number of benzene rings is 1. The molecule has 11 heteroatoms. The maximum Gasteiger partial charge on any atom is 0.434 e. The summed E-state index contributed by atoms with van der Waals surface area (Å²) in [7, 11) is 0. The fourth-order valence-electron chi connectivity index (χ4n) is 3.12. The molecule has 0 radical (unpaired) electrons. The van der Waals surface area contributed by atoms with Crippen molar-refractivity contribution in [1.29, 1.82) is 0 Å². The van der Waals surface area contributed by atoms with Gasteiger partial charge in [-0.1, -0.05) is 0 Å². The molecule has 0 amide bonds. The Bertz CT molecular complexity index is 870. The summed E-state index contributed by atoms with van der Waals surface area (Å²) < 4.78 is 74.1. The molecule has 6 nitrogen and oxygen atoms in total. The minimum atomic E-state index is -5.01. The van der Waals surface area contributed by atoms with Crippen molar-refractivity contribution >= 4 is 5.69 Å². The van der Waals surface area contributed by atoms with Crippen LogP contribution in [0.1, 0.15) is 25.3 Å². The van der Waals surface area contributed by atoms with E-state index < -0.39 is 40.7 Å². The smallest absolute Gasteiger partial charge is 0.388 e. The topological polar surface area (TPSA) is 83.0 Å². The molecule has 0 spiro atoms. The van der Waals surface area contributed by atoms with E-state index >= 15 is 4.39 Å². The van der Waals surface area contributed by atoms with Crippen LogP contribution in [0.15, 0.2) is 21.3 Å². The number of anilines is 1. The van der Waals surface area contributed by atoms with Crippen molar-refractivity contribution in [3.8, 4) is 11.5 Å². The highest BCUT2D eigenvalue weighted by Crippen LogP contribution is 2.40. The van der Waals surface area contributed by atoms with E-state index in [4.69, 9.17) is 0 Å². The first kappa shape index (κ1) is 19.3. The van der Waals surface area contributed by atoms with E-state index in [1.807, 2.05) is 5.10 Å². The first-order chi connectivity index (χ1) is 12.6. The number of nitrogens with zero attached hydrogens (tertiary/aromatic N) is 1. The van der Waals surface area contributed by atoms with Crippen LogP contribution in [0.4, 0.5) is 27.6 Å². The standard InChI is InChI=1S/C16H17F5N4O2/c1-8(15(18)2-4-22-5-3-15)23-11-7-9(13-24-25-14(26)27-13)6-10(17)12(11)16(19,20)21/h6-8,22-23H,2-5H2,1H3,(H,25,26). The lowest BCUT2D eigenvalue weighted by molar-refractivity contribution is -0.139. The maximum absolute atomic E-state index is 15.1. The average molecular weight is 392 g/mol. The van der Waals surface area contributed by atoms with Gasteiger partial charge in [0.15, 0.2) is 0 Å². The van der Waals surface area contributed by atoms with Crippen LogP contribution in [0, 0.1) is 5.82 Å². The van der Waals surface area contributed by atoms with E-state index in [1.165, 1.54) is 6.92 Å². The molecule has 0 aliphatic carbocycles. The molecule has 1 unspecified atom stereocenters. The molecule has 0 bridgehead atoms. The Balaban J connectivity index is 2.02. The summed E-state index contributed by atoms with van der Waals surface area (Å²) in [6, 6.07) is 0.487. The maximum atomic E-state index is 15.1. The molecule has 1 aromatic carbocycles. The molecule has 1 aromatic heterocycles. The van der Waals surface area contributed by atoms with Crippen molar-refractivity contribution in [2.24, 2.45) is 0 Å². The van der Waals surface area contributed by atoms with Crippen molar-refractivity contribution in [3.63, 3.8) is 0 Å². The normalized spacial score (nSPS) is 18.3. The van der Waals surface area contributed by atoms with Crippen LogP contribution in [0.2, 0.25) is 0 Å². The molecule has 1 fully saturated rings. The van der Waals surface area contributed by atoms with Crippen LogP contribution < -0.4 is 16.4 Å². The predicted molar refractivity (Wildman–Crippen MR) is 86.5 cm³/mol. The Morgan fingerprint density at radius 1 is 1.30 bits per heavy atom. The second-order valence-electron chi connectivity index (χ2n) is 6.45. The summed E-state index contributed by atoms with van der Waals surface area (Å²) in [6.45, 7) is 2.19. The molecule has 1 aliphatic heterocycles. The van der Waals surface area contributed by atoms with Crippen molar-refractivity contribution < 1.29 is 26.4 Å². The summed E-state index contributed by atoms with van der Waals surface area (Å²) in [5.41, 5.74) is -4.13. The van der Waals surface area contributed by atoms with Crippen LogP contribution >= 0.6 is 0 Å². The van der Waals surface area contributed by atoms with Gasteiger partial charge in [0, 0.05) is 5.56 Å². The fraction of sp³-hybridized carbons (Fsp3) is 0.500. The van der Waals surface area contributed by atoms with Crippen molar-refractivity contribution in [3.05, 3.63) is 34.1 Å². The largest absolute Gasteiger partial charge is 0.434 e. The van der Waals surface area contributed by atoms with Crippen LogP contribution in [0.5, 0.6) is 0 Å². The molecule has 3 rings (SSSR count). The van der Waals surface area contributed by atoms with E-state index in [-0.39, 0.29) is 24.3 Å². The molecule has 2 aromatic rings. The Morgan fingerprint density at radius 3 is 2.52 bits per heavy atom. The summed E-state index contributed by atoms with van der Waals surface area (Å²) in [4.78, 5) is 11.1. The Hall–Kier alpha value is -2.43. The van der Waals surface area contributed by atoms with Gasteiger partial charge >= 0.3 is 11.9 Å². The number of hydrogen-bond acceptors (Lipinski definition) is 5. The van der Waals surface area contributed by atoms with Gasteiger partial charge in [-0.25, -0.2) is 18.7 Å². The molecular weight excluding hydrogens is 375 g/mol. The van der Waals surface area contributed by atoms with E-state index in [0.29, 0.717) is 19.2 Å². The first-order valence-corrected chi connectivity index (χ1v) is 8.23. The Morgan fingerprint density at radius 2 is 1.96 bits per heavy atom. The number of hydrogen-bond donors (Lipinski definition) is 3. The molecule has 1 aliphatic rings. The van der Waals surface area contributed by atoms with Crippen molar-refractivity contribution in [2.45, 2.75) is 37.7 Å². The van der Waals surface area contributed by atoms with Crippen LogP contribution in [0.25, 0.3) is 11.5 Å². The number of halogens is 5. The van der Waals surface area contributed by atoms with Crippen molar-refractivity contribution in [1.82, 2.24) is 15.5 Å². The number of piperidine rings is 1. The molecule has 2 heterocycles. The minimum Gasteiger partial charge on any atom is -0.388 e. The molecule has 1 atom stereocenters. The van der Waals surface area contributed by atoms with E-state index in [9.17, 15) is 22.4 Å². The second-order valence-corrected chi connectivity index (χ2v) is 6.45. The van der Waals surface area contributed by atoms with E-state index in [0.717, 1.165) is 6.07 Å². The number of H-pyrrole nitrogens is 1. The van der Waals surface area contributed by atoms with Gasteiger partial charge in [-0.05, 0) is 45.0 Å². The lowest BCUT2D eigenvalue weighted by atomic mass is 9.87. The van der Waals surface area contributed by atoms with Gasteiger partial charge in [-0.15, -0.1) is 5.10 Å². The number of aromatic amines is 1. The lowest BCUT2D eigenvalue weighted by Gasteiger charge is -2.36. The first-order valence-electron chi connectivity index (χ1n) is 8.23. The predicted octanol–water partition coefficient (Wildman–Crippen LogP) is 3.08. The summed E-state index contributed by atoms with van der Waals surface area (Å²) in [5.74, 6) is -2.90. The van der Waals surface area contributed by atoms with Gasteiger partial charge in [0.25, 0.3) is 0 Å². The van der Waals surface area contributed by atoms with Gasteiger partial charge in [0.1, 0.15) is 17.0 Å². The lowest BCUT2D eigenvalue weighted by Crippen LogP contribution is -2.49. The zero-order valence-corrected chi connectivity index (χ0v) is 14.2. The highest BCUT2D eigenvalue weighted by atomic mass is 19.4. The van der Waals surface area contributed by atoms with Gasteiger partial charge in [-0.3, -0.25) is 0 Å². The van der Waals surface area contributed by atoms with E-state index in [2.05, 4.69) is 20.1 Å². The molecular formula is C16H17F5N4O2. The summed E-state index contributed by atoms with van der Waals surface area (Å²) in [6.07, 6.45) is -4.79. The monoisotopic (exact) mass is 392 g/mol. The molecule has 148 valence electrons. The summed E-state index contributed by atoms with van der Waals surface area (Å²) in [5, 5.41) is 10.9. The van der Waals surface area contributed by atoms with Crippen molar-refractivity contribution in [2.75, 3.05) is 18.4 Å². The van der Waals surface area contributed by atoms with Crippen LogP contribution in [0.3, 0.4) is 0 Å². The SMILES string of the molecule is CC(Nc1cc(-c2n[nH]c(=O)o2)cc(F)c1C(F)(F)F)C1(F)CCNCC1. The van der Waals surface area contributed by atoms with Gasteiger partial charge in [-0.2, -0.15) is 13.2 Å². The minimum absolute atomic E-state index is 0.110. The van der Waals surface area contributed by atoms with Crippen LogP contribution in [-0.4, -0.2) is 35.0 Å². The fourth-order valence-corrected chi connectivity index (χ4v) is 3.12. The Kier molecular flexibility index (Phi) is 4.98. The van der Waals surface area contributed by atoms with Gasteiger partial charge < -0.3 is 15.1 Å². The zero-order chi connectivity index (χ0) is 19.8. The Labute approximate surface area is 150 Å². The molecule has 27 heavy (non-hydrogen) atoms. The van der Waals surface area contributed by atoms with Gasteiger partial charge in [0.05, 0.1) is 11.7 Å². The number of alkyl halides is 4. The molecule has 3 N–H and O–H groups in total. The van der Waals surface area contributed by atoms with E-state index in [1.54, 1.807) is 0 Å². The highest BCUT2D eigenvalue weighted by Gasteiger charge is 2.41.